The Bertz CT molecular complexity index is 912. The normalized spacial score (nSPS) is 24.5. The van der Waals surface area contributed by atoms with Gasteiger partial charge in [-0.25, -0.2) is 9.18 Å². The van der Waals surface area contributed by atoms with Crippen LogP contribution in [0.1, 0.15) is 11.1 Å². The minimum atomic E-state index is -0.193. The van der Waals surface area contributed by atoms with Crippen LogP contribution >= 0.6 is 0 Å². The van der Waals surface area contributed by atoms with Crippen LogP contribution in [0.4, 0.5) is 14.9 Å². The second kappa shape index (κ2) is 8.00. The van der Waals surface area contributed by atoms with Crippen LogP contribution in [0.2, 0.25) is 0 Å². The maximum absolute atomic E-state index is 13.9. The number of rotatable bonds is 3. The van der Waals surface area contributed by atoms with E-state index in [1.54, 1.807) is 24.5 Å². The minimum Gasteiger partial charge on any atom is -0.378 e. The number of hydrogen-bond donors (Lipinski definition) is 0. The van der Waals surface area contributed by atoms with E-state index in [4.69, 9.17) is 4.74 Å². The van der Waals surface area contributed by atoms with Crippen molar-refractivity contribution in [2.75, 3.05) is 57.4 Å². The van der Waals surface area contributed by atoms with Crippen LogP contribution in [0.3, 0.4) is 0 Å². The summed E-state index contributed by atoms with van der Waals surface area (Å²) in [6.45, 7) is 9.20. The third kappa shape index (κ3) is 3.81. The zero-order chi connectivity index (χ0) is 20.7. The number of benzene rings is 1. The van der Waals surface area contributed by atoms with Crippen molar-refractivity contribution in [1.82, 2.24) is 19.6 Å². The Labute approximate surface area is 176 Å². The Morgan fingerprint density at radius 2 is 1.90 bits per heavy atom. The van der Waals surface area contributed by atoms with E-state index in [0.29, 0.717) is 25.0 Å². The van der Waals surface area contributed by atoms with Crippen LogP contribution in [0.25, 0.3) is 0 Å². The van der Waals surface area contributed by atoms with E-state index in [-0.39, 0.29) is 11.8 Å². The zero-order valence-corrected chi connectivity index (χ0v) is 17.3. The topological polar surface area (TPSA) is 53.8 Å². The number of carbonyl (C=O) groups is 1. The average Bonchev–Trinajstić information content (AvgIpc) is 3.44. The Morgan fingerprint density at radius 1 is 1.17 bits per heavy atom. The number of carbonyl (C=O) groups excluding carboxylic acids is 1. The number of halogens is 1. The second-order valence-electron chi connectivity index (χ2n) is 8.74. The molecule has 0 aliphatic carbocycles. The van der Waals surface area contributed by atoms with Gasteiger partial charge in [-0.2, -0.15) is 9.78 Å². The van der Waals surface area contributed by atoms with Gasteiger partial charge in [0.25, 0.3) is 0 Å². The molecule has 160 valence electrons. The smallest absolute Gasteiger partial charge is 0.344 e. The lowest BCUT2D eigenvalue weighted by Gasteiger charge is -2.31. The monoisotopic (exact) mass is 413 g/mol. The fourth-order valence-corrected chi connectivity index (χ4v) is 5.05. The summed E-state index contributed by atoms with van der Waals surface area (Å²) in [6, 6.07) is 5.11. The summed E-state index contributed by atoms with van der Waals surface area (Å²) in [7, 11) is 0. The first-order valence-corrected chi connectivity index (χ1v) is 10.7. The van der Waals surface area contributed by atoms with Crippen LogP contribution in [0.15, 0.2) is 30.6 Å². The van der Waals surface area contributed by atoms with Gasteiger partial charge in [0.1, 0.15) is 5.82 Å². The predicted molar refractivity (Wildman–Crippen MR) is 111 cm³/mol. The van der Waals surface area contributed by atoms with Crippen LogP contribution in [-0.4, -0.2) is 78.1 Å². The third-order valence-electron chi connectivity index (χ3n) is 6.53. The maximum Gasteiger partial charge on any atom is 0.344 e. The standard InChI is InChI=1S/C22H28FN5O2/c1-16-9-24-28(10-16)22(29)27-14-18-12-25(13-19(18)15-27)11-17-2-3-20(23)8-21(17)26-4-6-30-7-5-26/h2-3,8-10,18-19H,4-7,11-15H2,1H3. The second-order valence-corrected chi connectivity index (χ2v) is 8.74. The molecule has 7 nitrogen and oxygen atoms in total. The molecule has 3 aliphatic rings. The molecule has 1 aromatic heterocycles. The fourth-order valence-electron chi connectivity index (χ4n) is 5.05. The first-order chi connectivity index (χ1) is 14.6. The number of aromatic nitrogens is 2. The number of nitrogens with zero attached hydrogens (tertiary/aromatic N) is 5. The summed E-state index contributed by atoms with van der Waals surface area (Å²) in [5, 5.41) is 4.16. The number of morpholine rings is 1. The number of anilines is 1. The Kier molecular flexibility index (Phi) is 5.20. The lowest BCUT2D eigenvalue weighted by atomic mass is 10.0. The van der Waals surface area contributed by atoms with Gasteiger partial charge in [0.2, 0.25) is 0 Å². The first-order valence-electron chi connectivity index (χ1n) is 10.7. The van der Waals surface area contributed by atoms with E-state index in [1.807, 2.05) is 17.9 Å². The van der Waals surface area contributed by atoms with E-state index in [2.05, 4.69) is 14.9 Å². The summed E-state index contributed by atoms with van der Waals surface area (Å²) in [6.07, 6.45) is 3.50. The van der Waals surface area contributed by atoms with E-state index < -0.39 is 0 Å². The van der Waals surface area contributed by atoms with Gasteiger partial charge in [-0.3, -0.25) is 4.90 Å². The van der Waals surface area contributed by atoms with Crippen LogP contribution in [0, 0.1) is 24.6 Å². The number of hydrogen-bond acceptors (Lipinski definition) is 5. The lowest BCUT2D eigenvalue weighted by Crippen LogP contribution is -2.38. The molecule has 3 aliphatic heterocycles. The van der Waals surface area contributed by atoms with Crippen molar-refractivity contribution in [3.63, 3.8) is 0 Å². The van der Waals surface area contributed by atoms with E-state index in [1.165, 1.54) is 10.2 Å². The van der Waals surface area contributed by atoms with Crippen LogP contribution in [-0.2, 0) is 11.3 Å². The molecule has 3 saturated heterocycles. The molecule has 2 unspecified atom stereocenters. The highest BCUT2D eigenvalue weighted by Gasteiger charge is 2.42. The quantitative estimate of drug-likeness (QED) is 0.772. The minimum absolute atomic E-state index is 0.0304. The highest BCUT2D eigenvalue weighted by atomic mass is 19.1. The van der Waals surface area contributed by atoms with Crippen molar-refractivity contribution < 1.29 is 13.9 Å². The molecule has 2 aromatic rings. The average molecular weight is 413 g/mol. The number of aryl methyl sites for hydroxylation is 1. The summed E-state index contributed by atoms with van der Waals surface area (Å²) in [5.41, 5.74) is 3.14. The number of amides is 1. The van der Waals surface area contributed by atoms with Crippen molar-refractivity contribution in [1.29, 1.82) is 0 Å². The van der Waals surface area contributed by atoms with Gasteiger partial charge >= 0.3 is 6.03 Å². The molecule has 0 radical (unpaired) electrons. The molecule has 30 heavy (non-hydrogen) atoms. The summed E-state index contributed by atoms with van der Waals surface area (Å²) in [4.78, 5) is 19.3. The Balaban J connectivity index is 1.23. The molecule has 1 aromatic carbocycles. The van der Waals surface area contributed by atoms with Gasteiger partial charge in [0.15, 0.2) is 0 Å². The third-order valence-corrected chi connectivity index (χ3v) is 6.53. The molecular weight excluding hydrogens is 385 g/mol. The SMILES string of the molecule is Cc1cnn(C(=O)N2CC3CN(Cc4ccc(F)cc4N4CCOCC4)CC3C2)c1. The van der Waals surface area contributed by atoms with Crippen LogP contribution in [0.5, 0.6) is 0 Å². The molecular formula is C22H28FN5O2. The molecule has 2 atom stereocenters. The molecule has 0 bridgehead atoms. The van der Waals surface area contributed by atoms with Gasteiger partial charge in [-0.1, -0.05) is 6.07 Å². The molecule has 5 rings (SSSR count). The van der Waals surface area contributed by atoms with Crippen molar-refractivity contribution in [2.24, 2.45) is 11.8 Å². The highest BCUT2D eigenvalue weighted by Crippen LogP contribution is 2.33. The van der Waals surface area contributed by atoms with E-state index >= 15 is 0 Å². The first kappa shape index (κ1) is 19.5. The number of fused-ring (bicyclic) bond motifs is 1. The predicted octanol–water partition coefficient (Wildman–Crippen LogP) is 2.20. The van der Waals surface area contributed by atoms with Gasteiger partial charge < -0.3 is 14.5 Å². The van der Waals surface area contributed by atoms with Crippen molar-refractivity contribution >= 4 is 11.7 Å². The van der Waals surface area contributed by atoms with Gasteiger partial charge in [-0.15, -0.1) is 0 Å². The molecule has 8 heteroatoms. The molecule has 4 heterocycles. The Hall–Kier alpha value is -2.45. The van der Waals surface area contributed by atoms with E-state index in [0.717, 1.165) is 57.1 Å². The fraction of sp³-hybridized carbons (Fsp3) is 0.545. The number of ether oxygens (including phenoxy) is 1. The summed E-state index contributed by atoms with van der Waals surface area (Å²) >= 11 is 0. The van der Waals surface area contributed by atoms with Crippen molar-refractivity contribution in [3.8, 4) is 0 Å². The molecule has 0 N–H and O–H groups in total. The maximum atomic E-state index is 13.9. The number of likely N-dealkylation sites (tertiary alicyclic amines) is 2. The summed E-state index contributed by atoms with van der Waals surface area (Å²) in [5.74, 6) is 0.775. The highest BCUT2D eigenvalue weighted by molar-refractivity contribution is 5.76. The van der Waals surface area contributed by atoms with Gasteiger partial charge in [0, 0.05) is 57.7 Å². The molecule has 0 spiro atoms. The summed E-state index contributed by atoms with van der Waals surface area (Å²) < 4.78 is 20.8. The Morgan fingerprint density at radius 3 is 2.57 bits per heavy atom. The van der Waals surface area contributed by atoms with E-state index in [9.17, 15) is 9.18 Å². The van der Waals surface area contributed by atoms with Crippen molar-refractivity contribution in [3.05, 3.63) is 47.5 Å². The van der Waals surface area contributed by atoms with Crippen molar-refractivity contribution in [2.45, 2.75) is 13.5 Å². The van der Waals surface area contributed by atoms with Gasteiger partial charge in [0.05, 0.1) is 19.4 Å². The van der Waals surface area contributed by atoms with Crippen LogP contribution < -0.4 is 4.90 Å². The van der Waals surface area contributed by atoms with Gasteiger partial charge in [-0.05, 0) is 42.0 Å². The molecule has 3 fully saturated rings. The largest absolute Gasteiger partial charge is 0.378 e. The zero-order valence-electron chi connectivity index (χ0n) is 17.3. The molecule has 1 amide bonds. The lowest BCUT2D eigenvalue weighted by molar-refractivity contribution is 0.122. The molecule has 0 saturated carbocycles.